The first-order valence-electron chi connectivity index (χ1n) is 11.3. The fourth-order valence-corrected chi connectivity index (χ4v) is 5.80. The van der Waals surface area contributed by atoms with Crippen LogP contribution in [0.15, 0.2) is 34.7 Å². The van der Waals surface area contributed by atoms with Crippen molar-refractivity contribution in [2.45, 2.75) is 38.6 Å². The second-order valence-electron chi connectivity index (χ2n) is 8.93. The molecule has 6 nitrogen and oxygen atoms in total. The van der Waals surface area contributed by atoms with Gasteiger partial charge in [0.1, 0.15) is 5.52 Å². The van der Waals surface area contributed by atoms with Crippen LogP contribution in [0.3, 0.4) is 0 Å². The van der Waals surface area contributed by atoms with Gasteiger partial charge in [0.25, 0.3) is 0 Å². The highest BCUT2D eigenvalue weighted by Gasteiger charge is 2.37. The number of nitriles is 1. The maximum atomic E-state index is 10.1. The molecule has 1 aliphatic heterocycles. The first-order valence-corrected chi connectivity index (χ1v) is 12.5. The molecule has 1 unspecified atom stereocenters. The quantitative estimate of drug-likeness (QED) is 0.363. The Hall–Kier alpha value is -2.42. The SMILES string of the molecule is [C-]#[N+]c1ccc(C(C#N)(CCCN2CCN(Cc3nc4cc(Cl)ccc4o3)CC2)C(C)C)s1. The lowest BCUT2D eigenvalue weighted by molar-refractivity contribution is 0.116. The number of hydrogen-bond donors (Lipinski definition) is 0. The van der Waals surface area contributed by atoms with Crippen molar-refractivity contribution in [3.63, 3.8) is 0 Å². The van der Waals surface area contributed by atoms with Crippen LogP contribution in [0.4, 0.5) is 5.00 Å². The standard InChI is InChI=1S/C25H28ClN5OS/c1-18(2)25(17-27,22-7-8-24(28-3)33-22)9-4-10-30-11-13-31(14-12-30)16-23-29-20-15-19(26)5-6-21(20)32-23/h5-8,15,18H,4,9-14,16H2,1-2H3. The van der Waals surface area contributed by atoms with E-state index in [9.17, 15) is 5.26 Å². The number of piperazine rings is 1. The maximum Gasteiger partial charge on any atom is 0.241 e. The third kappa shape index (κ3) is 5.23. The van der Waals surface area contributed by atoms with E-state index in [4.69, 9.17) is 22.6 Å². The van der Waals surface area contributed by atoms with E-state index in [-0.39, 0.29) is 5.92 Å². The highest BCUT2D eigenvalue weighted by molar-refractivity contribution is 7.16. The zero-order valence-corrected chi connectivity index (χ0v) is 20.6. The Labute approximate surface area is 204 Å². The molecule has 172 valence electrons. The zero-order chi connectivity index (χ0) is 23.4. The van der Waals surface area contributed by atoms with Crippen LogP contribution in [0.5, 0.6) is 0 Å². The van der Waals surface area contributed by atoms with Crippen molar-refractivity contribution >= 4 is 39.0 Å². The summed E-state index contributed by atoms with van der Waals surface area (Å²) in [6, 6.07) is 11.9. The van der Waals surface area contributed by atoms with E-state index in [1.807, 2.05) is 30.3 Å². The van der Waals surface area contributed by atoms with Crippen molar-refractivity contribution in [3.8, 4) is 6.07 Å². The first-order chi connectivity index (χ1) is 15.9. The molecule has 0 bridgehead atoms. The Morgan fingerprint density at radius 2 is 2.00 bits per heavy atom. The predicted molar refractivity (Wildman–Crippen MR) is 133 cm³/mol. The van der Waals surface area contributed by atoms with E-state index >= 15 is 0 Å². The number of hydrogen-bond acceptors (Lipinski definition) is 6. The minimum Gasteiger partial charge on any atom is -0.439 e. The maximum absolute atomic E-state index is 10.1. The van der Waals surface area contributed by atoms with Gasteiger partial charge in [0.2, 0.25) is 10.9 Å². The zero-order valence-electron chi connectivity index (χ0n) is 19.1. The van der Waals surface area contributed by atoms with Crippen molar-refractivity contribution in [1.29, 1.82) is 5.26 Å². The first kappa shape index (κ1) is 23.7. The van der Waals surface area contributed by atoms with Crippen LogP contribution in [-0.2, 0) is 12.0 Å². The second kappa shape index (κ2) is 10.2. The molecule has 3 aromatic rings. The van der Waals surface area contributed by atoms with Gasteiger partial charge < -0.3 is 9.32 Å². The number of fused-ring (bicyclic) bond motifs is 1. The summed E-state index contributed by atoms with van der Waals surface area (Å²) < 4.78 is 5.87. The molecule has 0 aliphatic carbocycles. The Bertz CT molecular complexity index is 1180. The van der Waals surface area contributed by atoms with Crippen molar-refractivity contribution in [2.75, 3.05) is 32.7 Å². The normalized spacial score (nSPS) is 17.2. The molecule has 0 N–H and O–H groups in total. The summed E-state index contributed by atoms with van der Waals surface area (Å²) >= 11 is 7.51. The van der Waals surface area contributed by atoms with Gasteiger partial charge in [-0.15, -0.1) is 0 Å². The van der Waals surface area contributed by atoms with E-state index in [0.29, 0.717) is 16.6 Å². The van der Waals surface area contributed by atoms with Crippen LogP contribution in [0.25, 0.3) is 15.9 Å². The number of nitrogens with zero attached hydrogens (tertiary/aromatic N) is 5. The van der Waals surface area contributed by atoms with Gasteiger partial charge in [-0.2, -0.15) is 16.6 Å². The van der Waals surface area contributed by atoms with Gasteiger partial charge in [-0.05, 0) is 49.6 Å². The molecule has 1 fully saturated rings. The molecule has 0 amide bonds. The van der Waals surface area contributed by atoms with Gasteiger partial charge in [0, 0.05) is 36.1 Å². The van der Waals surface area contributed by atoms with Gasteiger partial charge in [-0.1, -0.05) is 31.5 Å². The highest BCUT2D eigenvalue weighted by atomic mass is 35.5. The largest absolute Gasteiger partial charge is 0.439 e. The summed E-state index contributed by atoms with van der Waals surface area (Å²) in [6.07, 6.45) is 1.77. The minimum absolute atomic E-state index is 0.197. The average molecular weight is 482 g/mol. The molecule has 33 heavy (non-hydrogen) atoms. The molecule has 4 rings (SSSR count). The molecular formula is C25H28ClN5OS. The molecule has 0 saturated carbocycles. The predicted octanol–water partition coefficient (Wildman–Crippen LogP) is 6.11. The fraction of sp³-hybridized carbons (Fsp3) is 0.480. The second-order valence-corrected chi connectivity index (χ2v) is 10.4. The Morgan fingerprint density at radius 1 is 1.24 bits per heavy atom. The molecule has 1 aliphatic rings. The van der Waals surface area contributed by atoms with Crippen molar-refractivity contribution in [1.82, 2.24) is 14.8 Å². The summed E-state index contributed by atoms with van der Waals surface area (Å²) in [5.41, 5.74) is 1.05. The van der Waals surface area contributed by atoms with Crippen LogP contribution in [0.1, 0.15) is 37.5 Å². The summed E-state index contributed by atoms with van der Waals surface area (Å²) in [4.78, 5) is 14.0. The van der Waals surface area contributed by atoms with E-state index in [1.165, 1.54) is 11.3 Å². The Balaban J connectivity index is 1.28. The molecule has 0 spiro atoms. The molecule has 0 radical (unpaired) electrons. The third-order valence-electron chi connectivity index (χ3n) is 6.59. The minimum atomic E-state index is -0.523. The van der Waals surface area contributed by atoms with Crippen LogP contribution in [-0.4, -0.2) is 47.5 Å². The summed E-state index contributed by atoms with van der Waals surface area (Å²) in [5, 5.41) is 11.4. The lowest BCUT2D eigenvalue weighted by atomic mass is 9.73. The van der Waals surface area contributed by atoms with Crippen LogP contribution in [0.2, 0.25) is 5.02 Å². The van der Waals surface area contributed by atoms with Crippen LogP contribution < -0.4 is 0 Å². The molecular weight excluding hydrogens is 454 g/mol. The number of aromatic nitrogens is 1. The smallest absolute Gasteiger partial charge is 0.241 e. The molecule has 3 heterocycles. The number of oxazole rings is 1. The summed E-state index contributed by atoms with van der Waals surface area (Å²) in [7, 11) is 0. The van der Waals surface area contributed by atoms with E-state index < -0.39 is 5.41 Å². The van der Waals surface area contributed by atoms with Gasteiger partial charge >= 0.3 is 0 Å². The van der Waals surface area contributed by atoms with Crippen molar-refractivity contribution in [3.05, 3.63) is 57.5 Å². The van der Waals surface area contributed by atoms with Crippen molar-refractivity contribution in [2.24, 2.45) is 5.92 Å². The molecule has 1 atom stereocenters. The Morgan fingerprint density at radius 3 is 2.67 bits per heavy atom. The van der Waals surface area contributed by atoms with Gasteiger partial charge in [-0.3, -0.25) is 4.90 Å². The number of rotatable bonds is 8. The molecule has 8 heteroatoms. The molecule has 2 aromatic heterocycles. The lowest BCUT2D eigenvalue weighted by Gasteiger charge is -2.35. The van der Waals surface area contributed by atoms with Gasteiger partial charge in [-0.25, -0.2) is 9.83 Å². The monoisotopic (exact) mass is 481 g/mol. The average Bonchev–Trinajstić information content (AvgIpc) is 3.44. The highest BCUT2D eigenvalue weighted by Crippen LogP contribution is 2.42. The molecule has 1 saturated heterocycles. The number of halogens is 1. The van der Waals surface area contributed by atoms with E-state index in [2.05, 4.69) is 39.5 Å². The van der Waals surface area contributed by atoms with Gasteiger partial charge in [0.15, 0.2) is 5.58 Å². The van der Waals surface area contributed by atoms with E-state index in [1.54, 1.807) is 0 Å². The van der Waals surface area contributed by atoms with E-state index in [0.717, 1.165) is 67.4 Å². The van der Waals surface area contributed by atoms with Crippen molar-refractivity contribution < 1.29 is 4.42 Å². The third-order valence-corrected chi connectivity index (χ3v) is 7.98. The number of benzene rings is 1. The van der Waals surface area contributed by atoms with Crippen LogP contribution >= 0.6 is 22.9 Å². The Kier molecular flexibility index (Phi) is 7.36. The number of thiophene rings is 1. The summed E-state index contributed by atoms with van der Waals surface area (Å²) in [6.45, 7) is 17.1. The lowest BCUT2D eigenvalue weighted by Crippen LogP contribution is -2.46. The molecule has 1 aromatic carbocycles. The van der Waals surface area contributed by atoms with Crippen LogP contribution in [0, 0.1) is 23.8 Å². The van der Waals surface area contributed by atoms with Gasteiger partial charge in [0.05, 0.1) is 24.6 Å². The summed E-state index contributed by atoms with van der Waals surface area (Å²) in [5.74, 6) is 0.925. The fourth-order valence-electron chi connectivity index (χ4n) is 4.52. The topological polar surface area (TPSA) is 60.7 Å².